The minimum Gasteiger partial charge on any atom is -0.494 e. The first kappa shape index (κ1) is 9.23. The van der Waals surface area contributed by atoms with Gasteiger partial charge in [-0.1, -0.05) is 11.3 Å². The lowest BCUT2D eigenvalue weighted by Crippen LogP contribution is -1.96. The van der Waals surface area contributed by atoms with E-state index in [0.29, 0.717) is 11.7 Å². The molecule has 0 aliphatic heterocycles. The van der Waals surface area contributed by atoms with Crippen molar-refractivity contribution >= 4 is 26.7 Å². The molecule has 0 bridgehead atoms. The fourth-order valence-corrected chi connectivity index (χ4v) is 2.16. The molecular weight excluding hydrogens is 198 g/mol. The van der Waals surface area contributed by atoms with Crippen LogP contribution in [0.1, 0.15) is 5.56 Å². The van der Waals surface area contributed by atoms with Crippen molar-refractivity contribution in [2.45, 2.75) is 6.54 Å². The summed E-state index contributed by atoms with van der Waals surface area (Å²) < 4.78 is 6.23. The molecule has 14 heavy (non-hydrogen) atoms. The fourth-order valence-electron chi connectivity index (χ4n) is 1.34. The normalized spacial score (nSPS) is 10.7. The van der Waals surface area contributed by atoms with Crippen molar-refractivity contribution in [1.29, 1.82) is 0 Å². The number of nitrogen functional groups attached to an aromatic ring is 1. The van der Waals surface area contributed by atoms with Crippen molar-refractivity contribution in [2.24, 2.45) is 5.73 Å². The highest BCUT2D eigenvalue weighted by molar-refractivity contribution is 7.22. The zero-order chi connectivity index (χ0) is 10.1. The summed E-state index contributed by atoms with van der Waals surface area (Å²) in [6, 6.07) is 3.88. The SMILES string of the molecule is COc1cc(CN)cc2sc(N)nc12. The number of hydrogen-bond acceptors (Lipinski definition) is 5. The largest absolute Gasteiger partial charge is 0.494 e. The minimum atomic E-state index is 0.490. The van der Waals surface area contributed by atoms with Gasteiger partial charge in [0.05, 0.1) is 11.8 Å². The van der Waals surface area contributed by atoms with Gasteiger partial charge in [0, 0.05) is 6.54 Å². The zero-order valence-electron chi connectivity index (χ0n) is 7.78. The van der Waals surface area contributed by atoms with Gasteiger partial charge in [-0.05, 0) is 17.7 Å². The van der Waals surface area contributed by atoms with E-state index in [9.17, 15) is 0 Å². The summed E-state index contributed by atoms with van der Waals surface area (Å²) in [6.07, 6.45) is 0. The molecule has 2 rings (SSSR count). The lowest BCUT2D eigenvalue weighted by Gasteiger charge is -2.03. The van der Waals surface area contributed by atoms with Crippen molar-refractivity contribution in [2.75, 3.05) is 12.8 Å². The molecule has 4 N–H and O–H groups in total. The van der Waals surface area contributed by atoms with Gasteiger partial charge in [0.2, 0.25) is 0 Å². The Morgan fingerprint density at radius 2 is 2.29 bits per heavy atom. The molecule has 4 nitrogen and oxygen atoms in total. The average Bonchev–Trinajstić information content (AvgIpc) is 2.56. The molecule has 74 valence electrons. The molecule has 0 aliphatic carbocycles. The molecule has 1 heterocycles. The Morgan fingerprint density at radius 1 is 1.50 bits per heavy atom. The summed E-state index contributed by atoms with van der Waals surface area (Å²) in [7, 11) is 1.62. The molecule has 0 aliphatic rings. The number of anilines is 1. The number of nitrogens with zero attached hydrogens (tertiary/aromatic N) is 1. The van der Waals surface area contributed by atoms with Crippen LogP contribution in [0, 0.1) is 0 Å². The first-order chi connectivity index (χ1) is 6.74. The van der Waals surface area contributed by atoms with E-state index in [1.165, 1.54) is 11.3 Å². The van der Waals surface area contributed by atoms with Crippen LogP contribution in [0.15, 0.2) is 12.1 Å². The first-order valence-electron chi connectivity index (χ1n) is 4.17. The Bertz CT molecular complexity index is 466. The summed E-state index contributed by atoms with van der Waals surface area (Å²) in [5.41, 5.74) is 13.0. The smallest absolute Gasteiger partial charge is 0.181 e. The Hall–Kier alpha value is -1.33. The van der Waals surface area contributed by atoms with Crippen molar-refractivity contribution in [1.82, 2.24) is 4.98 Å². The third-order valence-electron chi connectivity index (χ3n) is 1.99. The third-order valence-corrected chi connectivity index (χ3v) is 2.82. The van der Waals surface area contributed by atoms with E-state index in [4.69, 9.17) is 16.2 Å². The maximum absolute atomic E-state index is 5.63. The molecule has 0 saturated carbocycles. The second kappa shape index (κ2) is 3.43. The van der Waals surface area contributed by atoms with Gasteiger partial charge in [0.1, 0.15) is 11.3 Å². The Balaban J connectivity index is 2.72. The quantitative estimate of drug-likeness (QED) is 0.782. The Labute approximate surface area is 85.5 Å². The highest BCUT2D eigenvalue weighted by Gasteiger charge is 2.08. The number of methoxy groups -OCH3 is 1. The molecule has 5 heteroatoms. The van der Waals surface area contributed by atoms with E-state index in [1.54, 1.807) is 7.11 Å². The maximum atomic E-state index is 5.63. The zero-order valence-corrected chi connectivity index (χ0v) is 8.60. The molecule has 1 aromatic carbocycles. The molecule has 0 fully saturated rings. The maximum Gasteiger partial charge on any atom is 0.181 e. The molecule has 0 atom stereocenters. The van der Waals surface area contributed by atoms with Gasteiger partial charge in [0.15, 0.2) is 5.13 Å². The average molecular weight is 209 g/mol. The number of hydrogen-bond donors (Lipinski definition) is 2. The summed E-state index contributed by atoms with van der Waals surface area (Å²) in [5.74, 6) is 0.732. The summed E-state index contributed by atoms with van der Waals surface area (Å²) in [4.78, 5) is 4.19. The van der Waals surface area contributed by atoms with E-state index in [1.807, 2.05) is 12.1 Å². The Kier molecular flexibility index (Phi) is 2.26. The van der Waals surface area contributed by atoms with Gasteiger partial charge in [-0.25, -0.2) is 4.98 Å². The molecule has 0 unspecified atom stereocenters. The van der Waals surface area contributed by atoms with E-state index >= 15 is 0 Å². The fraction of sp³-hybridized carbons (Fsp3) is 0.222. The molecule has 0 spiro atoms. The van der Waals surface area contributed by atoms with Crippen LogP contribution in [-0.2, 0) is 6.54 Å². The van der Waals surface area contributed by atoms with Gasteiger partial charge in [-0.2, -0.15) is 0 Å². The van der Waals surface area contributed by atoms with E-state index in [2.05, 4.69) is 4.98 Å². The second-order valence-electron chi connectivity index (χ2n) is 2.90. The van der Waals surface area contributed by atoms with Gasteiger partial charge < -0.3 is 16.2 Å². The summed E-state index contributed by atoms with van der Waals surface area (Å²) in [5, 5.41) is 0.549. The van der Waals surface area contributed by atoms with Crippen LogP contribution in [-0.4, -0.2) is 12.1 Å². The van der Waals surface area contributed by atoms with Crippen LogP contribution in [0.4, 0.5) is 5.13 Å². The van der Waals surface area contributed by atoms with Gasteiger partial charge in [0.25, 0.3) is 0 Å². The first-order valence-corrected chi connectivity index (χ1v) is 4.99. The number of nitrogens with two attached hydrogens (primary N) is 2. The van der Waals surface area contributed by atoms with Crippen LogP contribution in [0.3, 0.4) is 0 Å². The molecule has 2 aromatic rings. The molecule has 1 aromatic heterocycles. The van der Waals surface area contributed by atoms with E-state index < -0.39 is 0 Å². The summed E-state index contributed by atoms with van der Waals surface area (Å²) >= 11 is 1.44. The van der Waals surface area contributed by atoms with Gasteiger partial charge >= 0.3 is 0 Å². The van der Waals surface area contributed by atoms with Crippen LogP contribution >= 0.6 is 11.3 Å². The molecule has 0 radical (unpaired) electrons. The highest BCUT2D eigenvalue weighted by atomic mass is 32.1. The monoisotopic (exact) mass is 209 g/mol. The standard InChI is InChI=1S/C9H11N3OS/c1-13-6-2-5(4-10)3-7-8(6)12-9(11)14-7/h2-3H,4,10H2,1H3,(H2,11,12). The molecular formula is C9H11N3OS. The van der Waals surface area contributed by atoms with Crippen molar-refractivity contribution < 1.29 is 4.74 Å². The number of rotatable bonds is 2. The molecule has 0 amide bonds. The van der Waals surface area contributed by atoms with Gasteiger partial charge in [-0.3, -0.25) is 0 Å². The lowest BCUT2D eigenvalue weighted by atomic mass is 10.2. The number of thiazole rings is 1. The number of aromatic nitrogens is 1. The number of fused-ring (bicyclic) bond motifs is 1. The second-order valence-corrected chi connectivity index (χ2v) is 3.96. The van der Waals surface area contributed by atoms with Gasteiger partial charge in [-0.15, -0.1) is 0 Å². The topological polar surface area (TPSA) is 74.2 Å². The van der Waals surface area contributed by atoms with Crippen LogP contribution in [0.2, 0.25) is 0 Å². The minimum absolute atomic E-state index is 0.490. The predicted molar refractivity (Wildman–Crippen MR) is 58.5 cm³/mol. The third kappa shape index (κ3) is 1.40. The summed E-state index contributed by atoms with van der Waals surface area (Å²) in [6.45, 7) is 0.490. The predicted octanol–water partition coefficient (Wildman–Crippen LogP) is 1.35. The molecule has 0 saturated heterocycles. The van der Waals surface area contributed by atoms with Crippen molar-refractivity contribution in [3.8, 4) is 5.75 Å². The van der Waals surface area contributed by atoms with Crippen molar-refractivity contribution in [3.63, 3.8) is 0 Å². The van der Waals surface area contributed by atoms with Crippen LogP contribution in [0.25, 0.3) is 10.2 Å². The van der Waals surface area contributed by atoms with Crippen LogP contribution in [0.5, 0.6) is 5.75 Å². The van der Waals surface area contributed by atoms with Crippen LogP contribution < -0.4 is 16.2 Å². The van der Waals surface area contributed by atoms with E-state index in [-0.39, 0.29) is 0 Å². The highest BCUT2D eigenvalue weighted by Crippen LogP contribution is 2.32. The van der Waals surface area contributed by atoms with Crippen molar-refractivity contribution in [3.05, 3.63) is 17.7 Å². The lowest BCUT2D eigenvalue weighted by molar-refractivity contribution is 0.418. The Morgan fingerprint density at radius 3 is 2.93 bits per heavy atom. The number of ether oxygens (including phenoxy) is 1. The van der Waals surface area contributed by atoms with E-state index in [0.717, 1.165) is 21.5 Å². The number of benzene rings is 1.